The number of aliphatic hydroxyl groups is 1. The first-order chi connectivity index (χ1) is 9.82. The zero-order valence-corrected chi connectivity index (χ0v) is 10.8. The van der Waals surface area contributed by atoms with E-state index in [0.29, 0.717) is 19.1 Å². The van der Waals surface area contributed by atoms with E-state index in [2.05, 4.69) is 5.32 Å². The molecule has 1 aliphatic heterocycles. The van der Waals surface area contributed by atoms with Crippen LogP contribution in [0.4, 0.5) is 15.8 Å². The summed E-state index contributed by atoms with van der Waals surface area (Å²) in [5.74, 6) is -2.73. The Morgan fingerprint density at radius 1 is 1.57 bits per heavy atom. The molecule has 0 aliphatic carbocycles. The molecule has 8 nitrogen and oxygen atoms in total. The second-order valence-corrected chi connectivity index (χ2v) is 4.79. The van der Waals surface area contributed by atoms with Crippen molar-refractivity contribution in [1.82, 2.24) is 0 Å². The fourth-order valence-corrected chi connectivity index (χ4v) is 2.01. The maximum atomic E-state index is 13.5. The van der Waals surface area contributed by atoms with Crippen molar-refractivity contribution in [2.24, 2.45) is 0 Å². The molecule has 0 saturated carbocycles. The van der Waals surface area contributed by atoms with Crippen LogP contribution < -0.4 is 5.32 Å². The Morgan fingerprint density at radius 2 is 2.29 bits per heavy atom. The Bertz CT molecular complexity index is 585. The Labute approximate surface area is 118 Å². The average molecular weight is 300 g/mol. The van der Waals surface area contributed by atoms with Crippen molar-refractivity contribution in [3.63, 3.8) is 0 Å². The normalized spacial score (nSPS) is 21.2. The highest BCUT2D eigenvalue weighted by Crippen LogP contribution is 2.29. The van der Waals surface area contributed by atoms with Crippen LogP contribution in [0.2, 0.25) is 0 Å². The molecule has 0 amide bonds. The van der Waals surface area contributed by atoms with Gasteiger partial charge in [0.1, 0.15) is 17.1 Å². The van der Waals surface area contributed by atoms with E-state index in [1.807, 2.05) is 0 Å². The average Bonchev–Trinajstić information content (AvgIpc) is 2.83. The molecule has 1 heterocycles. The van der Waals surface area contributed by atoms with E-state index in [0.717, 1.165) is 6.07 Å². The number of nitro groups is 1. The first-order valence-corrected chi connectivity index (χ1v) is 6.08. The number of hydrogen-bond acceptors (Lipinski definition) is 6. The van der Waals surface area contributed by atoms with E-state index in [4.69, 9.17) is 9.84 Å². The minimum atomic E-state index is -1.53. The van der Waals surface area contributed by atoms with Crippen molar-refractivity contribution in [3.05, 3.63) is 33.6 Å². The SMILES string of the molecule is O=C(O)c1cc(NCC2(O)CCOC2)c([N+](=O)[O-])cc1F. The van der Waals surface area contributed by atoms with Crippen LogP contribution in [0.3, 0.4) is 0 Å². The van der Waals surface area contributed by atoms with Gasteiger partial charge in [-0.1, -0.05) is 0 Å². The molecule has 0 aromatic heterocycles. The number of nitrogens with one attached hydrogen (secondary N) is 1. The van der Waals surface area contributed by atoms with Crippen molar-refractivity contribution in [2.45, 2.75) is 12.0 Å². The van der Waals surface area contributed by atoms with E-state index in [-0.39, 0.29) is 18.8 Å². The zero-order chi connectivity index (χ0) is 15.6. The molecular formula is C12H13FN2O6. The molecule has 1 aliphatic rings. The fourth-order valence-electron chi connectivity index (χ4n) is 2.01. The van der Waals surface area contributed by atoms with E-state index >= 15 is 0 Å². The van der Waals surface area contributed by atoms with Crippen LogP contribution in [-0.2, 0) is 4.74 Å². The highest BCUT2D eigenvalue weighted by molar-refractivity contribution is 5.90. The van der Waals surface area contributed by atoms with Crippen LogP contribution in [0.1, 0.15) is 16.8 Å². The van der Waals surface area contributed by atoms with Gasteiger partial charge in [0.05, 0.1) is 23.2 Å². The molecule has 1 atom stereocenters. The maximum absolute atomic E-state index is 13.5. The molecule has 114 valence electrons. The van der Waals surface area contributed by atoms with Crippen LogP contribution in [0, 0.1) is 15.9 Å². The van der Waals surface area contributed by atoms with E-state index in [1.54, 1.807) is 0 Å². The number of nitrogens with zero attached hydrogens (tertiary/aromatic N) is 1. The van der Waals surface area contributed by atoms with Crippen LogP contribution in [0.15, 0.2) is 12.1 Å². The van der Waals surface area contributed by atoms with Crippen molar-refractivity contribution in [3.8, 4) is 0 Å². The third-order valence-electron chi connectivity index (χ3n) is 3.20. The van der Waals surface area contributed by atoms with Crippen LogP contribution in [-0.4, -0.2) is 46.5 Å². The van der Waals surface area contributed by atoms with Gasteiger partial charge in [-0.25, -0.2) is 9.18 Å². The lowest BCUT2D eigenvalue weighted by Gasteiger charge is -2.21. The fraction of sp³-hybridized carbons (Fsp3) is 0.417. The summed E-state index contributed by atoms with van der Waals surface area (Å²) in [6, 6.07) is 1.38. The molecule has 0 spiro atoms. The molecule has 1 fully saturated rings. The Hall–Kier alpha value is -2.26. The number of ether oxygens (including phenoxy) is 1. The smallest absolute Gasteiger partial charge is 0.338 e. The molecule has 0 bridgehead atoms. The monoisotopic (exact) mass is 300 g/mol. The number of benzene rings is 1. The predicted molar refractivity (Wildman–Crippen MR) is 68.9 cm³/mol. The number of halogens is 1. The zero-order valence-electron chi connectivity index (χ0n) is 10.8. The van der Waals surface area contributed by atoms with Crippen molar-refractivity contribution in [2.75, 3.05) is 25.1 Å². The van der Waals surface area contributed by atoms with Gasteiger partial charge in [0.15, 0.2) is 0 Å². The number of nitro benzene ring substituents is 1. The van der Waals surface area contributed by atoms with E-state index < -0.39 is 33.6 Å². The molecule has 21 heavy (non-hydrogen) atoms. The lowest BCUT2D eigenvalue weighted by molar-refractivity contribution is -0.384. The minimum absolute atomic E-state index is 0.0702. The van der Waals surface area contributed by atoms with Gasteiger partial charge in [-0.2, -0.15) is 0 Å². The van der Waals surface area contributed by atoms with Gasteiger partial charge in [-0.05, 0) is 6.07 Å². The summed E-state index contributed by atoms with van der Waals surface area (Å²) in [5, 5.41) is 32.4. The van der Waals surface area contributed by atoms with Crippen molar-refractivity contribution < 1.29 is 29.1 Å². The summed E-state index contributed by atoms with van der Waals surface area (Å²) >= 11 is 0. The van der Waals surface area contributed by atoms with Gasteiger partial charge in [-0.3, -0.25) is 10.1 Å². The van der Waals surface area contributed by atoms with Crippen molar-refractivity contribution >= 4 is 17.3 Å². The molecule has 0 radical (unpaired) electrons. The van der Waals surface area contributed by atoms with Crippen LogP contribution >= 0.6 is 0 Å². The van der Waals surface area contributed by atoms with Gasteiger partial charge in [0, 0.05) is 19.6 Å². The van der Waals surface area contributed by atoms with Crippen LogP contribution in [0.5, 0.6) is 0 Å². The molecule has 1 aromatic rings. The summed E-state index contributed by atoms with van der Waals surface area (Å²) in [6.07, 6.45) is 0.348. The predicted octanol–water partition coefficient (Wildman–Crippen LogP) is 0.995. The lowest BCUT2D eigenvalue weighted by atomic mass is 10.0. The first-order valence-electron chi connectivity index (χ1n) is 6.08. The lowest BCUT2D eigenvalue weighted by Crippen LogP contribution is -2.37. The third kappa shape index (κ3) is 3.26. The first kappa shape index (κ1) is 15.1. The number of hydrogen-bond donors (Lipinski definition) is 3. The molecule has 1 aromatic carbocycles. The molecule has 2 rings (SSSR count). The van der Waals surface area contributed by atoms with Gasteiger partial charge in [0.25, 0.3) is 5.69 Å². The number of carboxylic acid groups (broad SMARTS) is 1. The Morgan fingerprint density at radius 3 is 2.81 bits per heavy atom. The van der Waals surface area contributed by atoms with Crippen molar-refractivity contribution in [1.29, 1.82) is 0 Å². The summed E-state index contributed by atoms with van der Waals surface area (Å²) in [7, 11) is 0. The maximum Gasteiger partial charge on any atom is 0.338 e. The standard InChI is InChI=1S/C12H13FN2O6/c13-8-4-10(15(19)20)9(3-7(8)11(16)17)14-5-12(18)1-2-21-6-12/h3-4,14,18H,1-2,5-6H2,(H,16,17). The molecule has 9 heteroatoms. The number of rotatable bonds is 5. The second kappa shape index (κ2) is 5.62. The van der Waals surface area contributed by atoms with E-state index in [9.17, 15) is 24.4 Å². The minimum Gasteiger partial charge on any atom is -0.478 e. The number of aromatic carboxylic acids is 1. The highest BCUT2D eigenvalue weighted by atomic mass is 19.1. The van der Waals surface area contributed by atoms with Crippen LogP contribution in [0.25, 0.3) is 0 Å². The molecule has 1 unspecified atom stereocenters. The third-order valence-corrected chi connectivity index (χ3v) is 3.20. The Kier molecular flexibility index (Phi) is 4.05. The largest absolute Gasteiger partial charge is 0.478 e. The van der Waals surface area contributed by atoms with Gasteiger partial charge < -0.3 is 20.3 Å². The number of anilines is 1. The Balaban J connectivity index is 2.29. The number of carboxylic acids is 1. The topological polar surface area (TPSA) is 122 Å². The molecule has 3 N–H and O–H groups in total. The molecule has 1 saturated heterocycles. The summed E-state index contributed by atoms with van der Waals surface area (Å²) in [4.78, 5) is 20.9. The van der Waals surface area contributed by atoms with Gasteiger partial charge >= 0.3 is 5.97 Å². The molecular weight excluding hydrogens is 287 g/mol. The van der Waals surface area contributed by atoms with E-state index in [1.165, 1.54) is 0 Å². The van der Waals surface area contributed by atoms with Gasteiger partial charge in [0.2, 0.25) is 0 Å². The quantitative estimate of drug-likeness (QED) is 0.547. The summed E-state index contributed by atoms with van der Waals surface area (Å²) < 4.78 is 18.5. The highest BCUT2D eigenvalue weighted by Gasteiger charge is 2.33. The second-order valence-electron chi connectivity index (χ2n) is 4.79. The summed E-state index contributed by atoms with van der Waals surface area (Å²) in [6.45, 7) is 0.364. The number of carbonyl (C=O) groups is 1. The summed E-state index contributed by atoms with van der Waals surface area (Å²) in [5.41, 5.74) is -2.64. The van der Waals surface area contributed by atoms with Gasteiger partial charge in [-0.15, -0.1) is 0 Å².